The molecule has 19 nitrogen and oxygen atoms in total. The summed E-state index contributed by atoms with van der Waals surface area (Å²) in [7, 11) is 0. The van der Waals surface area contributed by atoms with Crippen molar-refractivity contribution in [3.05, 3.63) is 82.9 Å². The van der Waals surface area contributed by atoms with Crippen LogP contribution in [0.4, 0.5) is 4.79 Å². The number of benzene rings is 2. The van der Waals surface area contributed by atoms with Crippen LogP contribution in [0.5, 0.6) is 0 Å². The molecule has 0 spiro atoms. The van der Waals surface area contributed by atoms with E-state index in [1.807, 2.05) is 0 Å². The summed E-state index contributed by atoms with van der Waals surface area (Å²) in [6.45, 7) is 11.1. The molecule has 3 fully saturated rings. The molecule has 20 heteroatoms. The molecular weight excluding hydrogens is 889 g/mol. The van der Waals surface area contributed by atoms with E-state index in [9.17, 15) is 54.3 Å². The summed E-state index contributed by atoms with van der Waals surface area (Å²) in [5.74, 6) is -9.34. The van der Waals surface area contributed by atoms with Crippen LogP contribution in [0.25, 0.3) is 0 Å². The maximum atomic E-state index is 15.1. The Morgan fingerprint density at radius 3 is 2.09 bits per heavy atom. The van der Waals surface area contributed by atoms with Crippen molar-refractivity contribution in [1.29, 1.82) is 0 Å². The number of ether oxygens (including phenoxy) is 6. The van der Waals surface area contributed by atoms with E-state index in [0.717, 1.165) is 6.92 Å². The maximum Gasteiger partial charge on any atom is 1.00 e. The topological polar surface area (TPSA) is 291 Å². The molecule has 1 amide bonds. The number of aliphatic carboxylic acids is 1. The van der Waals surface area contributed by atoms with Crippen molar-refractivity contribution >= 4 is 41.7 Å². The number of rotatable bonds is 12. The Balaban J connectivity index is 0.00000840. The first-order valence-electron chi connectivity index (χ1n) is 21.4. The van der Waals surface area contributed by atoms with Gasteiger partial charge in [0.2, 0.25) is 6.10 Å². The monoisotopic (exact) mass is 945 g/mol. The van der Waals surface area contributed by atoms with Crippen LogP contribution in [0.15, 0.2) is 71.8 Å². The molecule has 4 aliphatic rings. The van der Waals surface area contributed by atoms with Gasteiger partial charge in [-0.2, -0.15) is 0 Å². The number of aliphatic hydroxyl groups is 4. The van der Waals surface area contributed by atoms with Gasteiger partial charge in [0, 0.05) is 25.2 Å². The number of esters is 4. The number of aliphatic hydroxyl groups excluding tert-OH is 3. The SMILES string of the molecule is CC(=O)O[C@@]12CO[C@@H]1C[C@H](O)[C@@]1(C)C(=O)[C@H](O)C3=C(C)[C@@H](OC(=O)[C@H](OC(=O)C[C@H](O)C(=O)[O-])[C@@H](NC(=O)OC(C)(C)C)c4ccccc4)C[C@@](O)([C@@H](OC(=O)c4ccccc4)[C@H]21)C3(C)C.[Na+]. The van der Waals surface area contributed by atoms with E-state index in [-0.39, 0.29) is 64.9 Å². The van der Waals surface area contributed by atoms with E-state index in [2.05, 4.69) is 5.32 Å². The van der Waals surface area contributed by atoms with Crippen LogP contribution in [0.3, 0.4) is 0 Å². The minimum Gasteiger partial charge on any atom is -0.547 e. The van der Waals surface area contributed by atoms with Gasteiger partial charge < -0.3 is 64.1 Å². The second kappa shape index (κ2) is 19.7. The van der Waals surface area contributed by atoms with Gasteiger partial charge in [0.05, 0.1) is 42.0 Å². The van der Waals surface area contributed by atoms with Gasteiger partial charge in [-0.1, -0.05) is 62.4 Å². The summed E-state index contributed by atoms with van der Waals surface area (Å²) < 4.78 is 35.2. The molecule has 2 aromatic carbocycles. The second-order valence-electron chi connectivity index (χ2n) is 19.1. The average molecular weight is 946 g/mol. The quantitative estimate of drug-likeness (QED) is 0.0687. The van der Waals surface area contributed by atoms with Gasteiger partial charge in [0.1, 0.15) is 47.8 Å². The number of carbonyl (C=O) groups excluding carboxylic acids is 7. The molecule has 12 atom stereocenters. The van der Waals surface area contributed by atoms with Crippen LogP contribution in [0.2, 0.25) is 0 Å². The van der Waals surface area contributed by atoms with Crippen LogP contribution >= 0.6 is 0 Å². The number of amides is 1. The molecule has 0 unspecified atom stereocenters. The summed E-state index contributed by atoms with van der Waals surface area (Å²) >= 11 is 0. The van der Waals surface area contributed by atoms with Gasteiger partial charge >= 0.3 is 59.5 Å². The van der Waals surface area contributed by atoms with Gasteiger partial charge in [-0.25, -0.2) is 14.4 Å². The van der Waals surface area contributed by atoms with Gasteiger partial charge in [-0.15, -0.1) is 0 Å². The number of alkyl carbamates (subject to hydrolysis) is 1. The molecule has 6 rings (SSSR count). The summed E-state index contributed by atoms with van der Waals surface area (Å²) in [6, 6.07) is 13.6. The molecule has 67 heavy (non-hydrogen) atoms. The molecule has 3 aliphatic carbocycles. The Morgan fingerprint density at radius 2 is 1.55 bits per heavy atom. The molecular formula is C47H56NNaO18. The first kappa shape index (κ1) is 53.2. The van der Waals surface area contributed by atoms with Crippen molar-refractivity contribution in [3.63, 3.8) is 0 Å². The number of hydrogen-bond acceptors (Lipinski definition) is 18. The molecule has 358 valence electrons. The standard InChI is InChI=1S/C47H57NO18.Na/c1-23-28(62-41(58)35(63-31(52)19-27(50)39(55)56)33(25-15-11-9-12-16-25)48-42(59)66-43(3,4)5)21-47(60)38(64-40(57)26-17-13-10-14-18-26)36-45(8,37(54)34(53)32(23)44(47,6)7)29(51)20-30-46(36,22-61-30)65-24(2)49;/h9-18,27-30,33-36,38,50-51,53,60H,19-22H2,1-8H3,(H,48,59)(H,55,56);/q;+1/p-1/t27-,28-,29-,30+,33-,34+,35+,36-,38-,45+,46-,47+;/m0./s1. The summed E-state index contributed by atoms with van der Waals surface area (Å²) in [4.78, 5) is 95.2. The van der Waals surface area contributed by atoms with E-state index in [1.54, 1.807) is 45.0 Å². The molecule has 1 saturated heterocycles. The number of nitrogens with one attached hydrogen (secondary N) is 1. The first-order chi connectivity index (χ1) is 30.7. The number of fused-ring (bicyclic) bond motifs is 5. The van der Waals surface area contributed by atoms with Crippen molar-refractivity contribution in [2.75, 3.05) is 6.61 Å². The predicted octanol–water partition coefficient (Wildman–Crippen LogP) is -1.68. The number of ketones is 1. The third-order valence-corrected chi connectivity index (χ3v) is 13.4. The number of Topliss-reactive ketones (excluding diaryl/α,β-unsaturated/α-hetero) is 1. The van der Waals surface area contributed by atoms with Crippen LogP contribution < -0.4 is 40.0 Å². The fraction of sp³-hybridized carbons (Fsp3) is 0.553. The molecule has 1 aliphatic heterocycles. The van der Waals surface area contributed by atoms with Gasteiger partial charge in [-0.3, -0.25) is 14.4 Å². The number of carboxylic acids is 1. The third kappa shape index (κ3) is 9.92. The van der Waals surface area contributed by atoms with Crippen molar-refractivity contribution in [2.45, 2.75) is 140 Å². The Hall–Kier alpha value is -4.73. The number of carboxylic acid groups (broad SMARTS) is 1. The van der Waals surface area contributed by atoms with Crippen LogP contribution in [0, 0.1) is 16.7 Å². The Morgan fingerprint density at radius 1 is 0.955 bits per heavy atom. The van der Waals surface area contributed by atoms with E-state index < -0.39 is 137 Å². The predicted molar refractivity (Wildman–Crippen MR) is 223 cm³/mol. The fourth-order valence-corrected chi connectivity index (χ4v) is 10.1. The summed E-state index contributed by atoms with van der Waals surface area (Å²) in [5.41, 5.74) is -9.28. The molecule has 1 heterocycles. The largest absolute Gasteiger partial charge is 1.00 e. The average Bonchev–Trinajstić information content (AvgIpc) is 3.23. The number of hydrogen-bond donors (Lipinski definition) is 5. The Bertz CT molecular complexity index is 2280. The number of carbonyl (C=O) groups is 7. The molecule has 2 saturated carbocycles. The van der Waals surface area contributed by atoms with Gasteiger partial charge in [0.25, 0.3) is 0 Å². The maximum absolute atomic E-state index is 15.1. The van der Waals surface area contributed by atoms with E-state index in [0.29, 0.717) is 0 Å². The van der Waals surface area contributed by atoms with Crippen LogP contribution in [-0.4, -0.2) is 128 Å². The van der Waals surface area contributed by atoms with Crippen molar-refractivity contribution in [1.82, 2.24) is 5.32 Å². The second-order valence-corrected chi connectivity index (χ2v) is 19.1. The first-order valence-corrected chi connectivity index (χ1v) is 21.4. The fourth-order valence-electron chi connectivity index (χ4n) is 10.1. The molecule has 2 aromatic rings. The van der Waals surface area contributed by atoms with E-state index in [4.69, 9.17) is 28.4 Å². The van der Waals surface area contributed by atoms with E-state index in [1.165, 1.54) is 64.1 Å². The van der Waals surface area contributed by atoms with E-state index >= 15 is 4.79 Å². The summed E-state index contributed by atoms with van der Waals surface area (Å²) in [6.07, 6.45) is -16.2. The van der Waals surface area contributed by atoms with Crippen LogP contribution in [0.1, 0.15) is 96.6 Å². The van der Waals surface area contributed by atoms with Crippen molar-refractivity contribution < 1.29 is 117 Å². The molecule has 0 aromatic heterocycles. The third-order valence-electron chi connectivity index (χ3n) is 13.4. The normalized spacial score (nSPS) is 30.9. The summed E-state index contributed by atoms with van der Waals surface area (Å²) in [5, 5.41) is 61.8. The molecule has 0 radical (unpaired) electrons. The molecule has 2 bridgehead atoms. The zero-order valence-corrected chi connectivity index (χ0v) is 40.8. The van der Waals surface area contributed by atoms with Crippen LogP contribution in [-0.2, 0) is 52.4 Å². The minimum atomic E-state index is -2.51. The van der Waals surface area contributed by atoms with Crippen molar-refractivity contribution in [2.24, 2.45) is 16.7 Å². The van der Waals surface area contributed by atoms with Gasteiger partial charge in [0.15, 0.2) is 11.4 Å². The minimum absolute atomic E-state index is 0. The molecule has 5 N–H and O–H groups in total. The van der Waals surface area contributed by atoms with Gasteiger partial charge in [-0.05, 0) is 63.5 Å². The zero-order chi connectivity index (χ0) is 48.9. The Kier molecular flexibility index (Phi) is 15.7. The van der Waals surface area contributed by atoms with Crippen molar-refractivity contribution in [3.8, 4) is 0 Å². The Labute approximate surface area is 408 Å². The smallest absolute Gasteiger partial charge is 0.547 e. The zero-order valence-electron chi connectivity index (χ0n) is 38.8.